The Labute approximate surface area is 185 Å². The van der Waals surface area contributed by atoms with E-state index in [0.29, 0.717) is 23.4 Å². The molecule has 174 valence electrons. The molecule has 1 N–H and O–H groups in total. The summed E-state index contributed by atoms with van der Waals surface area (Å²) in [5.74, 6) is -0.696. The second kappa shape index (κ2) is 15.9. The Morgan fingerprint density at radius 2 is 1.68 bits per heavy atom. The van der Waals surface area contributed by atoms with E-state index in [1.165, 1.54) is 23.1 Å². The Bertz CT molecular complexity index is 773. The molecule has 0 aliphatic carbocycles. The van der Waals surface area contributed by atoms with Crippen LogP contribution in [-0.4, -0.2) is 36.3 Å². The molecule has 5 nitrogen and oxygen atoms in total. The number of carbonyl (C=O) groups excluding carboxylic acids is 2. The van der Waals surface area contributed by atoms with Crippen molar-refractivity contribution in [3.8, 4) is 0 Å². The van der Waals surface area contributed by atoms with Gasteiger partial charge >= 0.3 is 0 Å². The first-order valence-electron chi connectivity index (χ1n) is 10.4. The minimum atomic E-state index is -0.647. The molecule has 1 aromatic carbocycles. The number of nitrogens with zero attached hydrogens (tertiary/aromatic N) is 2. The topological polar surface area (TPSA) is 62.3 Å². The number of carbonyl (C=O) groups is 2. The molecule has 2 aromatic rings. The number of halogens is 2. The predicted octanol–water partition coefficient (Wildman–Crippen LogP) is 5.73. The number of benzene rings is 1. The van der Waals surface area contributed by atoms with Crippen LogP contribution in [0.15, 0.2) is 36.5 Å². The van der Waals surface area contributed by atoms with Gasteiger partial charge in [0.25, 0.3) is 0 Å². The van der Waals surface area contributed by atoms with Crippen molar-refractivity contribution in [2.75, 3.05) is 19.4 Å². The maximum atomic E-state index is 13.9. The third-order valence-corrected chi connectivity index (χ3v) is 3.96. The lowest BCUT2D eigenvalue weighted by Crippen LogP contribution is -2.31. The van der Waals surface area contributed by atoms with Crippen LogP contribution in [-0.2, 0) is 15.0 Å². The van der Waals surface area contributed by atoms with Crippen molar-refractivity contribution >= 4 is 18.0 Å². The number of hydrogen-bond acceptors (Lipinski definition) is 3. The first kappa shape index (κ1) is 30.4. The van der Waals surface area contributed by atoms with Gasteiger partial charge in [0.15, 0.2) is 0 Å². The van der Waals surface area contributed by atoms with E-state index < -0.39 is 5.41 Å². The molecule has 31 heavy (non-hydrogen) atoms. The highest BCUT2D eigenvalue weighted by Crippen LogP contribution is 2.31. The fourth-order valence-corrected chi connectivity index (χ4v) is 2.30. The van der Waals surface area contributed by atoms with Crippen LogP contribution in [0.4, 0.5) is 14.5 Å². The number of aryl methyl sites for hydroxylation is 1. The van der Waals surface area contributed by atoms with Gasteiger partial charge < -0.3 is 10.2 Å². The van der Waals surface area contributed by atoms with Gasteiger partial charge in [-0.25, -0.2) is 8.78 Å². The molecule has 7 heteroatoms. The fourth-order valence-electron chi connectivity index (χ4n) is 2.30. The Balaban J connectivity index is 0. The Hall–Kier alpha value is -2.83. The lowest BCUT2D eigenvalue weighted by molar-refractivity contribution is -0.129. The van der Waals surface area contributed by atoms with Crippen LogP contribution in [0.5, 0.6) is 0 Å². The van der Waals surface area contributed by atoms with Gasteiger partial charge in [-0.15, -0.1) is 0 Å². The van der Waals surface area contributed by atoms with E-state index in [1.807, 2.05) is 27.7 Å². The molecule has 0 aliphatic heterocycles. The maximum absolute atomic E-state index is 13.9. The van der Waals surface area contributed by atoms with Crippen molar-refractivity contribution in [1.29, 1.82) is 0 Å². The van der Waals surface area contributed by atoms with Crippen molar-refractivity contribution in [1.82, 2.24) is 9.88 Å². The fraction of sp³-hybridized carbons (Fsp3) is 0.458. The van der Waals surface area contributed by atoms with E-state index in [1.54, 1.807) is 53.2 Å². The zero-order valence-electron chi connectivity index (χ0n) is 20.2. The van der Waals surface area contributed by atoms with Gasteiger partial charge in [0.05, 0.1) is 5.69 Å². The second-order valence-electron chi connectivity index (χ2n) is 6.88. The van der Waals surface area contributed by atoms with Gasteiger partial charge in [0, 0.05) is 37.8 Å². The van der Waals surface area contributed by atoms with Gasteiger partial charge in [0.1, 0.15) is 11.6 Å². The SMILES string of the molecule is CC.CC.CN(C)C(=O)CC(C)(C)c1cc(NC=O)ccc1F.Cc1ncccc1F. The average Bonchev–Trinajstić information content (AvgIpc) is 2.74. The highest BCUT2D eigenvalue weighted by molar-refractivity contribution is 5.77. The van der Waals surface area contributed by atoms with Crippen LogP contribution in [0.2, 0.25) is 0 Å². The smallest absolute Gasteiger partial charge is 0.222 e. The molecule has 0 unspecified atom stereocenters. The third kappa shape index (κ3) is 11.2. The molecule has 0 atom stereocenters. The van der Waals surface area contributed by atoms with Crippen LogP contribution >= 0.6 is 0 Å². The monoisotopic (exact) mass is 437 g/mol. The summed E-state index contributed by atoms with van der Waals surface area (Å²) in [6, 6.07) is 7.30. The lowest BCUT2D eigenvalue weighted by Gasteiger charge is -2.27. The predicted molar refractivity (Wildman–Crippen MR) is 124 cm³/mol. The molecule has 0 radical (unpaired) electrons. The zero-order chi connectivity index (χ0) is 24.6. The molecular formula is C24H37F2N3O2. The van der Waals surface area contributed by atoms with Crippen molar-refractivity contribution in [3.63, 3.8) is 0 Å². The molecular weight excluding hydrogens is 400 g/mol. The molecule has 0 fully saturated rings. The zero-order valence-corrected chi connectivity index (χ0v) is 20.2. The molecule has 1 heterocycles. The standard InChI is InChI=1S/C14H19FN2O2.C6H6FN.2C2H6/c1-14(2,8-13(19)17(3)4)11-7-10(16-9-18)5-6-12(11)15;1-5-6(7)3-2-4-8-5;2*1-2/h5-7,9H,8H2,1-4H3,(H,16,18);2-4H,1H3;2*1-2H3. The minimum Gasteiger partial charge on any atom is -0.349 e. The van der Waals surface area contributed by atoms with Crippen molar-refractivity contribution in [2.24, 2.45) is 0 Å². The summed E-state index contributed by atoms with van der Waals surface area (Å²) in [7, 11) is 3.33. The van der Waals surface area contributed by atoms with Gasteiger partial charge in [0.2, 0.25) is 12.3 Å². The molecule has 2 amide bonds. The Morgan fingerprint density at radius 3 is 2.10 bits per heavy atom. The van der Waals surface area contributed by atoms with E-state index in [4.69, 9.17) is 0 Å². The van der Waals surface area contributed by atoms with E-state index in [2.05, 4.69) is 10.3 Å². The maximum Gasteiger partial charge on any atom is 0.222 e. The first-order valence-corrected chi connectivity index (χ1v) is 10.4. The molecule has 0 saturated carbocycles. The van der Waals surface area contributed by atoms with Gasteiger partial charge in [-0.2, -0.15) is 0 Å². The largest absolute Gasteiger partial charge is 0.349 e. The first-order chi connectivity index (χ1) is 14.6. The van der Waals surface area contributed by atoms with E-state index in [9.17, 15) is 18.4 Å². The quantitative estimate of drug-likeness (QED) is 0.608. The molecule has 0 spiro atoms. The number of anilines is 1. The Morgan fingerprint density at radius 1 is 1.10 bits per heavy atom. The van der Waals surface area contributed by atoms with Crippen LogP contribution < -0.4 is 5.32 Å². The van der Waals surface area contributed by atoms with Crippen LogP contribution in [0.1, 0.15) is 59.2 Å². The third-order valence-electron chi connectivity index (χ3n) is 3.96. The number of amides is 2. The van der Waals surface area contributed by atoms with Gasteiger partial charge in [-0.05, 0) is 42.8 Å². The number of aromatic nitrogens is 1. The van der Waals surface area contributed by atoms with Crippen LogP contribution in [0.3, 0.4) is 0 Å². The summed E-state index contributed by atoms with van der Waals surface area (Å²) in [5, 5.41) is 2.48. The number of nitrogens with one attached hydrogen (secondary N) is 1. The Kier molecular flexibility index (Phi) is 15.6. The number of hydrogen-bond donors (Lipinski definition) is 1. The second-order valence-corrected chi connectivity index (χ2v) is 6.88. The normalized spacial score (nSPS) is 9.52. The van der Waals surface area contributed by atoms with Crippen LogP contribution in [0, 0.1) is 18.6 Å². The number of pyridine rings is 1. The van der Waals surface area contributed by atoms with Gasteiger partial charge in [-0.1, -0.05) is 41.5 Å². The summed E-state index contributed by atoms with van der Waals surface area (Å²) in [6.45, 7) is 13.2. The summed E-state index contributed by atoms with van der Waals surface area (Å²) in [4.78, 5) is 27.4. The highest BCUT2D eigenvalue weighted by Gasteiger charge is 2.28. The van der Waals surface area contributed by atoms with Crippen LogP contribution in [0.25, 0.3) is 0 Å². The number of rotatable bonds is 5. The van der Waals surface area contributed by atoms with Gasteiger partial charge in [-0.3, -0.25) is 14.6 Å². The summed E-state index contributed by atoms with van der Waals surface area (Å²) < 4.78 is 26.2. The lowest BCUT2D eigenvalue weighted by atomic mass is 9.80. The molecule has 0 aliphatic rings. The average molecular weight is 438 g/mol. The summed E-state index contributed by atoms with van der Waals surface area (Å²) >= 11 is 0. The summed E-state index contributed by atoms with van der Waals surface area (Å²) in [6.07, 6.45) is 2.30. The molecule has 0 saturated heterocycles. The van der Waals surface area contributed by atoms with Crippen molar-refractivity contribution in [3.05, 3.63) is 59.4 Å². The minimum absolute atomic E-state index is 0.0712. The highest BCUT2D eigenvalue weighted by atomic mass is 19.1. The van der Waals surface area contributed by atoms with Crippen molar-refractivity contribution in [2.45, 2.75) is 60.3 Å². The molecule has 0 bridgehead atoms. The van der Waals surface area contributed by atoms with E-state index >= 15 is 0 Å². The summed E-state index contributed by atoms with van der Waals surface area (Å²) in [5.41, 5.74) is 0.727. The van der Waals surface area contributed by atoms with E-state index in [-0.39, 0.29) is 24.0 Å². The van der Waals surface area contributed by atoms with Crippen molar-refractivity contribution < 1.29 is 18.4 Å². The molecule has 2 rings (SSSR count). The van der Waals surface area contributed by atoms with E-state index in [0.717, 1.165) is 0 Å². The molecule has 1 aromatic heterocycles.